The SMILES string of the molecule is Cl.NC12CCC(NC(=O)OCc3ccccc3)(C1)C2. The Kier molecular flexibility index (Phi) is 3.74. The van der Waals surface area contributed by atoms with Crippen molar-refractivity contribution in [2.75, 3.05) is 0 Å². The standard InChI is InChI=1S/C14H18N2O2.ClH/c15-13-6-7-14(9-13,10-13)16-12(17)18-8-11-4-2-1-3-5-11;/h1-5H,6-10,15H2,(H,16,17);1H. The second-order valence-corrected chi connectivity index (χ2v) is 5.68. The Hall–Kier alpha value is -1.26. The molecule has 0 unspecified atom stereocenters. The first-order chi connectivity index (χ1) is 8.59. The van der Waals surface area contributed by atoms with Gasteiger partial charge in [0.05, 0.1) is 0 Å². The molecule has 3 N–H and O–H groups in total. The zero-order chi connectivity index (χ0) is 12.6. The average molecular weight is 283 g/mol. The molecule has 104 valence electrons. The molecule has 4 nitrogen and oxygen atoms in total. The molecule has 4 rings (SSSR count). The summed E-state index contributed by atoms with van der Waals surface area (Å²) >= 11 is 0. The molecule has 3 saturated carbocycles. The highest BCUT2D eigenvalue weighted by Crippen LogP contribution is 2.53. The summed E-state index contributed by atoms with van der Waals surface area (Å²) in [5, 5.41) is 2.98. The predicted octanol–water partition coefficient (Wildman–Crippen LogP) is 2.36. The van der Waals surface area contributed by atoms with Crippen LogP contribution in [0.5, 0.6) is 0 Å². The van der Waals surface area contributed by atoms with Crippen LogP contribution < -0.4 is 11.1 Å². The molecule has 0 radical (unpaired) electrons. The molecular formula is C14H19ClN2O2. The van der Waals surface area contributed by atoms with E-state index in [1.165, 1.54) is 0 Å². The molecule has 5 heteroatoms. The molecule has 1 amide bonds. The molecule has 0 spiro atoms. The second-order valence-electron chi connectivity index (χ2n) is 5.68. The van der Waals surface area contributed by atoms with Crippen molar-refractivity contribution >= 4 is 18.5 Å². The van der Waals surface area contributed by atoms with Crippen LogP contribution in [-0.4, -0.2) is 17.2 Å². The number of ether oxygens (including phenoxy) is 1. The number of halogens is 1. The summed E-state index contributed by atoms with van der Waals surface area (Å²) in [7, 11) is 0. The number of hydrogen-bond donors (Lipinski definition) is 2. The van der Waals surface area contributed by atoms with Crippen molar-refractivity contribution in [2.45, 2.75) is 43.4 Å². The van der Waals surface area contributed by atoms with Gasteiger partial charge in [0, 0.05) is 11.1 Å². The number of carbonyl (C=O) groups excluding carboxylic acids is 1. The first kappa shape index (κ1) is 14.2. The zero-order valence-corrected chi connectivity index (χ0v) is 11.5. The molecule has 3 fully saturated rings. The number of benzene rings is 1. The first-order valence-corrected chi connectivity index (χ1v) is 6.37. The summed E-state index contributed by atoms with van der Waals surface area (Å²) in [4.78, 5) is 11.7. The highest BCUT2D eigenvalue weighted by atomic mass is 35.5. The average Bonchev–Trinajstić information content (AvgIpc) is 2.81. The molecule has 0 atom stereocenters. The van der Waals surface area contributed by atoms with E-state index >= 15 is 0 Å². The van der Waals surface area contributed by atoms with Crippen LogP contribution in [0, 0.1) is 0 Å². The Balaban J connectivity index is 0.00000133. The van der Waals surface area contributed by atoms with Crippen LogP contribution in [0.2, 0.25) is 0 Å². The lowest BCUT2D eigenvalue weighted by atomic mass is 9.72. The molecule has 1 aromatic rings. The summed E-state index contributed by atoms with van der Waals surface area (Å²) in [6, 6.07) is 9.68. The van der Waals surface area contributed by atoms with Gasteiger partial charge in [-0.2, -0.15) is 0 Å². The van der Waals surface area contributed by atoms with Gasteiger partial charge in [0.2, 0.25) is 0 Å². The van der Waals surface area contributed by atoms with Crippen LogP contribution in [0.25, 0.3) is 0 Å². The van der Waals surface area contributed by atoms with Gasteiger partial charge in [0.15, 0.2) is 0 Å². The quantitative estimate of drug-likeness (QED) is 0.894. The molecule has 0 heterocycles. The fourth-order valence-electron chi connectivity index (χ4n) is 3.26. The number of nitrogens with two attached hydrogens (primary N) is 1. The number of nitrogens with one attached hydrogen (secondary N) is 1. The summed E-state index contributed by atoms with van der Waals surface area (Å²) in [6.45, 7) is 0.316. The third-order valence-electron chi connectivity index (χ3n) is 4.06. The minimum atomic E-state index is -0.331. The molecule has 0 aliphatic heterocycles. The molecule has 2 bridgehead atoms. The van der Waals surface area contributed by atoms with Gasteiger partial charge in [-0.15, -0.1) is 12.4 Å². The third-order valence-corrected chi connectivity index (χ3v) is 4.06. The van der Waals surface area contributed by atoms with E-state index in [1.807, 2.05) is 30.3 Å². The molecule has 0 aromatic heterocycles. The Bertz CT molecular complexity index is 458. The topological polar surface area (TPSA) is 64.3 Å². The summed E-state index contributed by atoms with van der Waals surface area (Å²) in [5.41, 5.74) is 6.97. The van der Waals surface area contributed by atoms with Gasteiger partial charge >= 0.3 is 6.09 Å². The number of fused-ring (bicyclic) bond motifs is 1. The van der Waals surface area contributed by atoms with Crippen molar-refractivity contribution in [2.24, 2.45) is 5.73 Å². The Labute approximate surface area is 119 Å². The monoisotopic (exact) mass is 282 g/mol. The van der Waals surface area contributed by atoms with Gasteiger partial charge in [-0.3, -0.25) is 0 Å². The maximum Gasteiger partial charge on any atom is 0.407 e. The van der Waals surface area contributed by atoms with Crippen LogP contribution in [0.3, 0.4) is 0 Å². The van der Waals surface area contributed by atoms with Gasteiger partial charge in [0.25, 0.3) is 0 Å². The number of hydrogen-bond acceptors (Lipinski definition) is 3. The summed E-state index contributed by atoms with van der Waals surface area (Å²) in [5.74, 6) is 0. The number of alkyl carbamates (subject to hydrolysis) is 1. The van der Waals surface area contributed by atoms with E-state index in [1.54, 1.807) is 0 Å². The lowest BCUT2D eigenvalue weighted by Gasteiger charge is -2.45. The first-order valence-electron chi connectivity index (χ1n) is 6.37. The van der Waals surface area contributed by atoms with Crippen LogP contribution in [0.15, 0.2) is 30.3 Å². The van der Waals surface area contributed by atoms with Crippen molar-refractivity contribution in [1.29, 1.82) is 0 Å². The minimum absolute atomic E-state index is 0. The fraction of sp³-hybridized carbons (Fsp3) is 0.500. The summed E-state index contributed by atoms with van der Waals surface area (Å²) in [6.07, 6.45) is 3.43. The van der Waals surface area contributed by atoms with E-state index in [-0.39, 0.29) is 29.6 Å². The second kappa shape index (κ2) is 5.02. The number of amides is 1. The van der Waals surface area contributed by atoms with Crippen LogP contribution in [0.1, 0.15) is 31.2 Å². The highest BCUT2D eigenvalue weighted by Gasteiger charge is 2.59. The lowest BCUT2D eigenvalue weighted by Crippen LogP contribution is -2.61. The largest absolute Gasteiger partial charge is 0.445 e. The molecule has 3 aliphatic rings. The fourth-order valence-corrected chi connectivity index (χ4v) is 3.26. The minimum Gasteiger partial charge on any atom is -0.445 e. The van der Waals surface area contributed by atoms with Crippen molar-refractivity contribution < 1.29 is 9.53 Å². The van der Waals surface area contributed by atoms with Crippen LogP contribution >= 0.6 is 12.4 Å². The maximum absolute atomic E-state index is 11.7. The molecule has 0 saturated heterocycles. The number of carbonyl (C=O) groups is 1. The van der Waals surface area contributed by atoms with E-state index in [0.29, 0.717) is 6.61 Å². The normalized spacial score (nSPS) is 31.0. The smallest absolute Gasteiger partial charge is 0.407 e. The van der Waals surface area contributed by atoms with Crippen molar-refractivity contribution in [3.8, 4) is 0 Å². The van der Waals surface area contributed by atoms with Gasteiger partial charge in [-0.05, 0) is 31.2 Å². The Morgan fingerprint density at radius 3 is 2.53 bits per heavy atom. The van der Waals surface area contributed by atoms with E-state index in [4.69, 9.17) is 10.5 Å². The van der Waals surface area contributed by atoms with Gasteiger partial charge in [-0.25, -0.2) is 4.79 Å². The van der Waals surface area contributed by atoms with Crippen molar-refractivity contribution in [1.82, 2.24) is 5.32 Å². The highest BCUT2D eigenvalue weighted by molar-refractivity contribution is 5.85. The Morgan fingerprint density at radius 1 is 1.26 bits per heavy atom. The van der Waals surface area contributed by atoms with E-state index in [2.05, 4.69) is 5.32 Å². The van der Waals surface area contributed by atoms with E-state index in [9.17, 15) is 4.79 Å². The van der Waals surface area contributed by atoms with Crippen LogP contribution in [-0.2, 0) is 11.3 Å². The maximum atomic E-state index is 11.7. The van der Waals surface area contributed by atoms with Gasteiger partial charge in [0.1, 0.15) is 6.61 Å². The molecule has 3 aliphatic carbocycles. The van der Waals surface area contributed by atoms with E-state index in [0.717, 1.165) is 31.2 Å². The lowest BCUT2D eigenvalue weighted by molar-refractivity contribution is 0.103. The third kappa shape index (κ3) is 2.85. The van der Waals surface area contributed by atoms with Crippen molar-refractivity contribution in [3.63, 3.8) is 0 Å². The molecular weight excluding hydrogens is 264 g/mol. The molecule has 19 heavy (non-hydrogen) atoms. The Morgan fingerprint density at radius 2 is 1.95 bits per heavy atom. The van der Waals surface area contributed by atoms with Crippen LogP contribution in [0.4, 0.5) is 4.79 Å². The van der Waals surface area contributed by atoms with Gasteiger partial charge in [-0.1, -0.05) is 30.3 Å². The van der Waals surface area contributed by atoms with Gasteiger partial charge < -0.3 is 15.8 Å². The van der Waals surface area contributed by atoms with E-state index < -0.39 is 0 Å². The molecule has 1 aromatic carbocycles. The zero-order valence-electron chi connectivity index (χ0n) is 10.7. The predicted molar refractivity (Wildman–Crippen MR) is 75.1 cm³/mol. The summed E-state index contributed by atoms with van der Waals surface area (Å²) < 4.78 is 5.22. The van der Waals surface area contributed by atoms with Crippen molar-refractivity contribution in [3.05, 3.63) is 35.9 Å². The number of rotatable bonds is 3.